The molecule has 22 heavy (non-hydrogen) atoms. The van der Waals surface area contributed by atoms with Gasteiger partial charge in [-0.1, -0.05) is 18.2 Å². The van der Waals surface area contributed by atoms with Crippen molar-refractivity contribution in [1.29, 1.82) is 0 Å². The van der Waals surface area contributed by atoms with Gasteiger partial charge in [-0.3, -0.25) is 0 Å². The molecule has 1 heterocycles. The van der Waals surface area contributed by atoms with Crippen molar-refractivity contribution in [3.63, 3.8) is 0 Å². The summed E-state index contributed by atoms with van der Waals surface area (Å²) in [5.41, 5.74) is 3.92. The highest BCUT2D eigenvalue weighted by Crippen LogP contribution is 2.06. The highest BCUT2D eigenvalue weighted by molar-refractivity contribution is 5.20. The Morgan fingerprint density at radius 2 is 1.41 bits per heavy atom. The van der Waals surface area contributed by atoms with Gasteiger partial charge in [-0.2, -0.15) is 0 Å². The van der Waals surface area contributed by atoms with Gasteiger partial charge in [-0.15, -0.1) is 0 Å². The van der Waals surface area contributed by atoms with Crippen LogP contribution in [0.25, 0.3) is 0 Å². The number of rotatable bonds is 7. The van der Waals surface area contributed by atoms with E-state index in [0.29, 0.717) is 0 Å². The molecule has 0 spiro atoms. The van der Waals surface area contributed by atoms with Gasteiger partial charge in [0, 0.05) is 6.42 Å². The van der Waals surface area contributed by atoms with Crippen LogP contribution in [0.4, 0.5) is 0 Å². The van der Waals surface area contributed by atoms with Gasteiger partial charge in [0.05, 0.1) is 13.1 Å². The molecule has 0 radical (unpaired) electrons. The van der Waals surface area contributed by atoms with Gasteiger partial charge in [0.2, 0.25) is 0 Å². The van der Waals surface area contributed by atoms with Crippen LogP contribution >= 0.6 is 0 Å². The molecule has 0 aromatic heterocycles. The van der Waals surface area contributed by atoms with E-state index in [4.69, 9.17) is 4.74 Å². The topological polar surface area (TPSA) is 45.8 Å². The minimum Gasteiger partial charge on any atom is -1.00 e. The summed E-state index contributed by atoms with van der Waals surface area (Å²) in [7, 11) is 0. The average Bonchev–Trinajstić information content (AvgIpc) is 2.47. The van der Waals surface area contributed by atoms with Crippen molar-refractivity contribution in [3.05, 3.63) is 30.3 Å². The molecule has 4 nitrogen and oxygen atoms in total. The summed E-state index contributed by atoms with van der Waals surface area (Å²) in [6.45, 7) is 9.50. The zero-order valence-electron chi connectivity index (χ0n) is 13.0. The smallest absolute Gasteiger partial charge is 0.137 e. The fourth-order valence-electron chi connectivity index (χ4n) is 2.66. The van der Waals surface area contributed by atoms with Gasteiger partial charge in [0.15, 0.2) is 0 Å². The number of quaternary nitrogens is 3. The maximum absolute atomic E-state index is 5.76. The van der Waals surface area contributed by atoms with Gasteiger partial charge in [-0.05, 0) is 12.1 Å². The Labute approximate surface area is 152 Å². The molecule has 1 aromatic rings. The van der Waals surface area contributed by atoms with E-state index in [1.165, 1.54) is 39.1 Å². The summed E-state index contributed by atoms with van der Waals surface area (Å²) in [6.07, 6.45) is 1.27. The molecule has 1 aliphatic heterocycles. The van der Waals surface area contributed by atoms with Crippen LogP contribution in [0.3, 0.4) is 0 Å². The highest BCUT2D eigenvalue weighted by atomic mass is 35.5. The van der Waals surface area contributed by atoms with E-state index in [1.807, 2.05) is 30.3 Å². The number of para-hydroxylation sites is 1. The average molecular weight is 373 g/mol. The van der Waals surface area contributed by atoms with E-state index in [-0.39, 0.29) is 37.2 Å². The Hall–Kier alpha value is -0.230. The summed E-state index contributed by atoms with van der Waals surface area (Å²) in [5, 5.41) is 0. The first kappa shape index (κ1) is 24.0. The van der Waals surface area contributed by atoms with Crippen LogP contribution in [0.15, 0.2) is 30.3 Å². The van der Waals surface area contributed by atoms with Crippen LogP contribution in [0.5, 0.6) is 5.75 Å². The Morgan fingerprint density at radius 1 is 0.864 bits per heavy atom. The van der Waals surface area contributed by atoms with E-state index >= 15 is 0 Å². The van der Waals surface area contributed by atoms with Crippen LogP contribution in [-0.2, 0) is 0 Å². The molecule has 130 valence electrons. The zero-order valence-corrected chi connectivity index (χ0v) is 15.3. The number of piperazine rings is 1. The number of ether oxygens (including phenoxy) is 1. The van der Waals surface area contributed by atoms with E-state index in [2.05, 4.69) is 5.73 Å². The number of benzene rings is 1. The lowest BCUT2D eigenvalue weighted by Gasteiger charge is -2.29. The molecule has 1 aliphatic rings. The third-order valence-corrected chi connectivity index (χ3v) is 3.91. The molecule has 1 saturated heterocycles. The fourth-order valence-corrected chi connectivity index (χ4v) is 2.66. The minimum atomic E-state index is 0. The van der Waals surface area contributed by atoms with Crippen molar-refractivity contribution in [3.8, 4) is 5.75 Å². The molecular formula is C15H28Cl3N3O. The molecule has 2 rings (SSSR count). The van der Waals surface area contributed by atoms with Crippen LogP contribution in [-0.4, -0.2) is 52.4 Å². The normalized spacial score (nSPS) is 20.0. The van der Waals surface area contributed by atoms with Crippen LogP contribution in [0.1, 0.15) is 6.42 Å². The number of halogens is 3. The Kier molecular flexibility index (Phi) is 15.7. The number of hydrogen-bond donors (Lipinski definition) is 3. The molecule has 0 unspecified atom stereocenters. The molecule has 7 heteroatoms. The van der Waals surface area contributed by atoms with E-state index in [0.717, 1.165) is 25.4 Å². The lowest BCUT2D eigenvalue weighted by molar-refractivity contribution is -1.01. The van der Waals surface area contributed by atoms with Crippen molar-refractivity contribution >= 4 is 0 Å². The summed E-state index contributed by atoms with van der Waals surface area (Å²) in [4.78, 5) is 3.45. The monoisotopic (exact) mass is 371 g/mol. The second-order valence-corrected chi connectivity index (χ2v) is 5.37. The summed E-state index contributed by atoms with van der Waals surface area (Å²) >= 11 is 0. The first-order valence-electron chi connectivity index (χ1n) is 7.52. The molecule has 0 aliphatic carbocycles. The molecule has 0 bridgehead atoms. The van der Waals surface area contributed by atoms with Gasteiger partial charge >= 0.3 is 0 Å². The van der Waals surface area contributed by atoms with Crippen LogP contribution in [0.2, 0.25) is 0 Å². The number of hydrogen-bond acceptors (Lipinski definition) is 1. The van der Waals surface area contributed by atoms with Crippen molar-refractivity contribution < 1.29 is 57.5 Å². The van der Waals surface area contributed by atoms with Crippen LogP contribution in [0, 0.1) is 0 Å². The Morgan fingerprint density at radius 3 is 1.95 bits per heavy atom. The summed E-state index contributed by atoms with van der Waals surface area (Å²) in [6, 6.07) is 10.1. The van der Waals surface area contributed by atoms with Gasteiger partial charge in [-0.25, -0.2) is 0 Å². The predicted octanol–water partition coefficient (Wildman–Crippen LogP) is -11.5. The lowest BCUT2D eigenvalue weighted by atomic mass is 10.3. The van der Waals surface area contributed by atoms with E-state index < -0.39 is 0 Å². The van der Waals surface area contributed by atoms with Crippen molar-refractivity contribution in [2.75, 3.05) is 52.4 Å². The second kappa shape index (κ2) is 14.4. The van der Waals surface area contributed by atoms with Crippen molar-refractivity contribution in [2.45, 2.75) is 6.42 Å². The van der Waals surface area contributed by atoms with Gasteiger partial charge < -0.3 is 57.5 Å². The van der Waals surface area contributed by atoms with Gasteiger partial charge in [0.25, 0.3) is 0 Å². The molecule has 5 N–H and O–H groups in total. The molecule has 1 fully saturated rings. The second-order valence-electron chi connectivity index (χ2n) is 5.37. The third kappa shape index (κ3) is 9.03. The molecule has 1 aromatic carbocycles. The van der Waals surface area contributed by atoms with Crippen molar-refractivity contribution in [2.24, 2.45) is 0 Å². The zero-order chi connectivity index (χ0) is 13.3. The molecule has 0 amide bonds. The standard InChI is InChI=1S/C15H25N3O.3ClH/c16-7-4-8-17-9-11-18(12-10-17)13-14-19-15-5-2-1-3-6-15;;;/h1-3,5-6H,4,7-14,16H2;3*1H. The Balaban J connectivity index is 0. The van der Waals surface area contributed by atoms with Crippen molar-refractivity contribution in [1.82, 2.24) is 0 Å². The summed E-state index contributed by atoms with van der Waals surface area (Å²) < 4.78 is 5.76. The number of nitrogens with one attached hydrogen (secondary N) is 2. The van der Waals surface area contributed by atoms with E-state index in [1.54, 1.807) is 9.80 Å². The highest BCUT2D eigenvalue weighted by Gasteiger charge is 2.22. The SMILES string of the molecule is [Cl-].[Cl-].[Cl-].[NH3+]CCC[NH+]1CC[NH+](CCOc2ccccc2)CC1. The van der Waals surface area contributed by atoms with E-state index in [9.17, 15) is 0 Å². The van der Waals surface area contributed by atoms with Crippen LogP contribution < -0.4 is 57.5 Å². The predicted molar refractivity (Wildman–Crippen MR) is 75.4 cm³/mol. The third-order valence-electron chi connectivity index (χ3n) is 3.91. The first-order chi connectivity index (χ1) is 9.38. The largest absolute Gasteiger partial charge is 1.00 e. The maximum atomic E-state index is 5.76. The minimum absolute atomic E-state index is 0. The fraction of sp³-hybridized carbons (Fsp3) is 0.600. The molecule has 0 atom stereocenters. The molecule has 0 saturated carbocycles. The first-order valence-corrected chi connectivity index (χ1v) is 7.52. The quantitative estimate of drug-likeness (QED) is 0.437. The molecular weight excluding hydrogens is 345 g/mol. The Bertz CT molecular complexity index is 349. The lowest BCUT2D eigenvalue weighted by Crippen LogP contribution is -3.28. The summed E-state index contributed by atoms with van der Waals surface area (Å²) in [5.74, 6) is 0.988. The van der Waals surface area contributed by atoms with Gasteiger partial charge in [0.1, 0.15) is 45.1 Å². The maximum Gasteiger partial charge on any atom is 0.137 e.